The first kappa shape index (κ1) is 24.1. The summed E-state index contributed by atoms with van der Waals surface area (Å²) in [7, 11) is -2.73. The van der Waals surface area contributed by atoms with Crippen molar-refractivity contribution in [3.05, 3.63) is 133 Å². The van der Waals surface area contributed by atoms with Gasteiger partial charge in [-0.25, -0.2) is 14.5 Å². The van der Waals surface area contributed by atoms with E-state index in [1.807, 2.05) is 84.4 Å². The summed E-state index contributed by atoms with van der Waals surface area (Å²) in [5, 5.41) is 3.21. The van der Waals surface area contributed by atoms with Gasteiger partial charge in [0.05, 0.1) is 13.7 Å². The lowest BCUT2D eigenvalue weighted by Crippen LogP contribution is -2.47. The fourth-order valence-electron chi connectivity index (χ4n) is 5.39. The molecule has 6 rings (SSSR count). The number of carbonyl (C=O) groups excluding carboxylic acids is 1. The number of esters is 1. The molecule has 1 unspecified atom stereocenters. The van der Waals surface area contributed by atoms with Gasteiger partial charge in [0.2, 0.25) is 5.66 Å². The Kier molecular flexibility index (Phi) is 6.30. The Labute approximate surface area is 222 Å². The third-order valence-electron chi connectivity index (χ3n) is 7.04. The van der Waals surface area contributed by atoms with E-state index in [9.17, 15) is 4.79 Å². The molecule has 0 spiro atoms. The van der Waals surface area contributed by atoms with Gasteiger partial charge in [-0.1, -0.05) is 115 Å². The zero-order valence-corrected chi connectivity index (χ0v) is 22.0. The van der Waals surface area contributed by atoms with Gasteiger partial charge < -0.3 is 4.74 Å². The first-order valence-electron chi connectivity index (χ1n) is 12.8. The molecule has 0 saturated carbocycles. The molecule has 1 aromatic heterocycles. The summed E-state index contributed by atoms with van der Waals surface area (Å²) in [6, 6.07) is 39.2. The van der Waals surface area contributed by atoms with E-state index in [0.29, 0.717) is 6.42 Å². The summed E-state index contributed by atoms with van der Waals surface area (Å²) < 4.78 is 13.5. The Morgan fingerprint density at radius 2 is 1.37 bits per heavy atom. The smallest absolute Gasteiger partial charge is 0.355 e. The van der Waals surface area contributed by atoms with Crippen molar-refractivity contribution < 1.29 is 9.53 Å². The van der Waals surface area contributed by atoms with E-state index >= 15 is 0 Å². The lowest BCUT2D eigenvalue weighted by Gasteiger charge is -2.39. The van der Waals surface area contributed by atoms with E-state index in [4.69, 9.17) is 14.5 Å². The van der Waals surface area contributed by atoms with E-state index in [1.54, 1.807) is 6.20 Å². The molecule has 0 radical (unpaired) electrons. The van der Waals surface area contributed by atoms with E-state index < -0.39 is 12.7 Å². The maximum absolute atomic E-state index is 14.2. The molecular formula is C32H28N3O2P. The van der Waals surface area contributed by atoms with E-state index in [1.165, 1.54) is 0 Å². The number of nitrogens with zero attached hydrogens (tertiary/aromatic N) is 3. The van der Waals surface area contributed by atoms with Crippen LogP contribution in [0.2, 0.25) is 0 Å². The number of aromatic nitrogens is 2. The molecule has 1 aliphatic heterocycles. The zero-order chi connectivity index (χ0) is 26.0. The zero-order valence-electron chi connectivity index (χ0n) is 21.1. The van der Waals surface area contributed by atoms with E-state index in [-0.39, 0.29) is 12.6 Å². The fourth-order valence-corrected chi connectivity index (χ4v) is 9.18. The van der Waals surface area contributed by atoms with E-state index in [2.05, 4.69) is 48.5 Å². The van der Waals surface area contributed by atoms with E-state index in [0.717, 1.165) is 32.9 Å². The second-order valence-electron chi connectivity index (χ2n) is 9.23. The molecule has 5 aromatic rings. The Morgan fingerprint density at radius 1 is 0.842 bits per heavy atom. The molecule has 2 heterocycles. The van der Waals surface area contributed by atoms with Crippen LogP contribution in [-0.2, 0) is 21.6 Å². The van der Waals surface area contributed by atoms with Gasteiger partial charge in [0.1, 0.15) is 5.82 Å². The number of ether oxygens (including phenoxy) is 1. The normalized spacial score (nSPS) is 16.2. The van der Waals surface area contributed by atoms with Crippen LogP contribution in [0.15, 0.2) is 132 Å². The van der Waals surface area contributed by atoms with Gasteiger partial charge in [-0.3, -0.25) is 4.57 Å². The van der Waals surface area contributed by atoms with Gasteiger partial charge in [-0.05, 0) is 12.5 Å². The molecule has 0 saturated heterocycles. The predicted molar refractivity (Wildman–Crippen MR) is 154 cm³/mol. The standard InChI is InChI=1S/C32H28N3O2P/c1-2-37-31(36)32(24-25-14-12-13-21-29(25)30-33-22-23-35(30)32)34-38(26-15-6-3-7-16-26,27-17-8-4-9-18-27)28-19-10-5-11-20-28/h3-23H,2,24H2,1H3. The van der Waals surface area contributed by atoms with Crippen molar-refractivity contribution in [2.45, 2.75) is 19.0 Å². The van der Waals surface area contributed by atoms with Crippen LogP contribution in [0, 0.1) is 0 Å². The van der Waals surface area contributed by atoms with Crippen molar-refractivity contribution in [3.63, 3.8) is 0 Å². The van der Waals surface area contributed by atoms with Crippen LogP contribution >= 0.6 is 7.05 Å². The summed E-state index contributed by atoms with van der Waals surface area (Å²) in [5.41, 5.74) is 0.692. The van der Waals surface area contributed by atoms with Crippen LogP contribution in [0.25, 0.3) is 11.4 Å². The first-order chi connectivity index (χ1) is 18.7. The molecule has 5 nitrogen and oxygen atoms in total. The van der Waals surface area contributed by atoms with Gasteiger partial charge in [0.25, 0.3) is 0 Å². The third kappa shape index (κ3) is 3.82. The molecule has 0 aliphatic carbocycles. The maximum atomic E-state index is 14.2. The van der Waals surface area contributed by atoms with Crippen LogP contribution in [0.5, 0.6) is 0 Å². The predicted octanol–water partition coefficient (Wildman–Crippen LogP) is 5.50. The largest absolute Gasteiger partial charge is 0.463 e. The van der Waals surface area contributed by atoms with Crippen LogP contribution in [0.3, 0.4) is 0 Å². The van der Waals surface area contributed by atoms with Gasteiger partial charge >= 0.3 is 5.97 Å². The number of fused-ring (bicyclic) bond motifs is 3. The molecule has 0 N–H and O–H groups in total. The molecule has 1 atom stereocenters. The number of hydrogen-bond donors (Lipinski definition) is 0. The Bertz CT molecular complexity index is 1530. The van der Waals surface area contributed by atoms with Gasteiger partial charge in [-0.15, -0.1) is 0 Å². The van der Waals surface area contributed by atoms with Crippen molar-refractivity contribution in [1.82, 2.24) is 9.55 Å². The van der Waals surface area contributed by atoms with Crippen molar-refractivity contribution in [3.8, 4) is 11.4 Å². The summed E-state index contributed by atoms with van der Waals surface area (Å²) in [6.45, 7) is 2.10. The number of carbonyl (C=O) groups is 1. The maximum Gasteiger partial charge on any atom is 0.355 e. The highest BCUT2D eigenvalue weighted by molar-refractivity contribution is 7.87. The fraction of sp³-hybridized carbons (Fsp3) is 0.125. The highest BCUT2D eigenvalue weighted by Gasteiger charge is 2.49. The minimum Gasteiger partial charge on any atom is -0.463 e. The molecule has 6 heteroatoms. The van der Waals surface area contributed by atoms with Crippen molar-refractivity contribution >= 4 is 28.9 Å². The molecule has 4 aromatic carbocycles. The number of benzene rings is 4. The quantitative estimate of drug-likeness (QED) is 0.221. The van der Waals surface area contributed by atoms with Crippen LogP contribution in [0.1, 0.15) is 12.5 Å². The third-order valence-corrected chi connectivity index (χ3v) is 10.8. The second kappa shape index (κ2) is 9.92. The minimum absolute atomic E-state index is 0.259. The highest BCUT2D eigenvalue weighted by Crippen LogP contribution is 2.52. The van der Waals surface area contributed by atoms with Crippen molar-refractivity contribution in [2.75, 3.05) is 6.61 Å². The highest BCUT2D eigenvalue weighted by atomic mass is 31.2. The number of imidazole rings is 1. The second-order valence-corrected chi connectivity index (χ2v) is 12.3. The van der Waals surface area contributed by atoms with Crippen LogP contribution in [-0.4, -0.2) is 22.1 Å². The van der Waals surface area contributed by atoms with Gasteiger partial charge in [0, 0.05) is 40.3 Å². The number of rotatable bonds is 6. The summed E-state index contributed by atoms with van der Waals surface area (Å²) in [5.74, 6) is 0.344. The minimum atomic E-state index is -2.73. The topological polar surface area (TPSA) is 56.5 Å². The average molecular weight is 518 g/mol. The Hall–Kier alpha value is -4.21. The van der Waals surface area contributed by atoms with Gasteiger partial charge in [-0.2, -0.15) is 0 Å². The number of hydrogen-bond acceptors (Lipinski definition) is 4. The molecule has 1 aliphatic rings. The van der Waals surface area contributed by atoms with Crippen molar-refractivity contribution in [1.29, 1.82) is 0 Å². The molecule has 0 bridgehead atoms. The Morgan fingerprint density at radius 3 is 1.92 bits per heavy atom. The van der Waals surface area contributed by atoms with Gasteiger partial charge in [0.15, 0.2) is 0 Å². The van der Waals surface area contributed by atoms with Crippen LogP contribution in [0.4, 0.5) is 0 Å². The summed E-state index contributed by atoms with van der Waals surface area (Å²) in [4.78, 5) is 18.9. The monoisotopic (exact) mass is 517 g/mol. The lowest BCUT2D eigenvalue weighted by molar-refractivity contribution is -0.153. The van der Waals surface area contributed by atoms with Crippen LogP contribution < -0.4 is 15.9 Å². The molecule has 0 fully saturated rings. The summed E-state index contributed by atoms with van der Waals surface area (Å²) >= 11 is 0. The molecule has 0 amide bonds. The average Bonchev–Trinajstić information content (AvgIpc) is 3.49. The first-order valence-corrected chi connectivity index (χ1v) is 14.5. The lowest BCUT2D eigenvalue weighted by atomic mass is 9.91. The SMILES string of the molecule is CCOC(=O)C1(N=P(c2ccccc2)(c2ccccc2)c2ccccc2)Cc2ccccc2-c2nccn21. The Balaban J connectivity index is 1.79. The molecule has 188 valence electrons. The molecular weight excluding hydrogens is 489 g/mol. The molecule has 38 heavy (non-hydrogen) atoms. The van der Waals surface area contributed by atoms with Crippen molar-refractivity contribution in [2.24, 2.45) is 4.74 Å². The summed E-state index contributed by atoms with van der Waals surface area (Å²) in [6.07, 6.45) is 3.98.